The van der Waals surface area contributed by atoms with Crippen molar-refractivity contribution in [3.8, 4) is 0 Å². The molecule has 78 valence electrons. The summed E-state index contributed by atoms with van der Waals surface area (Å²) >= 11 is 0. The normalized spacial score (nSPS) is 10.5. The van der Waals surface area contributed by atoms with E-state index in [1.807, 2.05) is 37.2 Å². The number of hydrogen-bond acceptors (Lipinski definition) is 4. The number of nitrogens with one attached hydrogen (secondary N) is 1. The van der Waals surface area contributed by atoms with Crippen LogP contribution in [0.25, 0.3) is 10.9 Å². The summed E-state index contributed by atoms with van der Waals surface area (Å²) in [5, 5.41) is 0.780. The summed E-state index contributed by atoms with van der Waals surface area (Å²) < 4.78 is 0. The highest BCUT2D eigenvalue weighted by Gasteiger charge is 2.07. The highest BCUT2D eigenvalue weighted by Crippen LogP contribution is 2.26. The smallest absolute Gasteiger partial charge is 0.347 e. The Labute approximate surface area is 86.5 Å². The fourth-order valence-corrected chi connectivity index (χ4v) is 1.59. The summed E-state index contributed by atoms with van der Waals surface area (Å²) in [7, 11) is 3.83. The highest BCUT2D eigenvalue weighted by atomic mass is 16.1. The predicted octanol–water partition coefficient (Wildman–Crippen LogP) is 0.571. The number of rotatable bonds is 1. The van der Waals surface area contributed by atoms with Crippen molar-refractivity contribution in [3.63, 3.8) is 0 Å². The van der Waals surface area contributed by atoms with Gasteiger partial charge in [0.25, 0.3) is 0 Å². The maximum absolute atomic E-state index is 11.1. The van der Waals surface area contributed by atoms with E-state index < -0.39 is 5.69 Å². The molecule has 2 aromatic rings. The summed E-state index contributed by atoms with van der Waals surface area (Å²) in [6, 6.07) is 5.60. The van der Waals surface area contributed by atoms with E-state index in [1.54, 1.807) is 0 Å². The molecule has 5 nitrogen and oxygen atoms in total. The Morgan fingerprint density at radius 2 is 2.13 bits per heavy atom. The van der Waals surface area contributed by atoms with Crippen LogP contribution in [0.2, 0.25) is 0 Å². The summed E-state index contributed by atoms with van der Waals surface area (Å²) in [5.74, 6) is 0.262. The van der Waals surface area contributed by atoms with E-state index in [1.165, 1.54) is 0 Å². The fourth-order valence-electron chi connectivity index (χ4n) is 1.59. The maximum Gasteiger partial charge on any atom is 0.347 e. The van der Waals surface area contributed by atoms with Crippen molar-refractivity contribution < 1.29 is 0 Å². The number of hydrogen-bond donors (Lipinski definition) is 2. The lowest BCUT2D eigenvalue weighted by Gasteiger charge is -2.15. The van der Waals surface area contributed by atoms with Gasteiger partial charge >= 0.3 is 5.69 Å². The van der Waals surface area contributed by atoms with Gasteiger partial charge in [-0.15, -0.1) is 0 Å². The van der Waals surface area contributed by atoms with E-state index >= 15 is 0 Å². The monoisotopic (exact) mass is 204 g/mol. The van der Waals surface area contributed by atoms with Crippen LogP contribution < -0.4 is 16.3 Å². The van der Waals surface area contributed by atoms with Crippen molar-refractivity contribution in [3.05, 3.63) is 28.7 Å². The van der Waals surface area contributed by atoms with Gasteiger partial charge in [-0.2, -0.15) is 4.98 Å². The third-order valence-electron chi connectivity index (χ3n) is 2.24. The molecular formula is C10H12N4O. The molecule has 0 spiro atoms. The zero-order chi connectivity index (χ0) is 11.0. The van der Waals surface area contributed by atoms with Gasteiger partial charge in [-0.1, -0.05) is 6.07 Å². The van der Waals surface area contributed by atoms with Crippen LogP contribution in [0.4, 0.5) is 11.5 Å². The molecule has 0 aliphatic heterocycles. The number of benzene rings is 1. The molecule has 0 aliphatic rings. The highest BCUT2D eigenvalue weighted by molar-refractivity contribution is 5.98. The van der Waals surface area contributed by atoms with Crippen molar-refractivity contribution in [2.75, 3.05) is 24.7 Å². The summed E-state index contributed by atoms with van der Waals surface area (Å²) in [5.41, 5.74) is 6.96. The van der Waals surface area contributed by atoms with Gasteiger partial charge in [0.15, 0.2) is 0 Å². The molecule has 0 unspecified atom stereocenters. The molecule has 2 rings (SSSR count). The first-order valence-corrected chi connectivity index (χ1v) is 4.55. The number of nitrogens with two attached hydrogens (primary N) is 1. The molecule has 1 heterocycles. The third-order valence-corrected chi connectivity index (χ3v) is 2.24. The minimum Gasteiger partial charge on any atom is -0.383 e. The minimum atomic E-state index is -0.420. The number of aromatic amines is 1. The molecule has 0 saturated heterocycles. The molecule has 0 amide bonds. The van der Waals surface area contributed by atoms with Crippen LogP contribution >= 0.6 is 0 Å². The van der Waals surface area contributed by atoms with Gasteiger partial charge in [-0.25, -0.2) is 4.79 Å². The first-order valence-electron chi connectivity index (χ1n) is 4.55. The topological polar surface area (TPSA) is 75.0 Å². The number of nitrogens with zero attached hydrogens (tertiary/aromatic N) is 2. The molecule has 0 saturated carbocycles. The third kappa shape index (κ3) is 1.52. The van der Waals surface area contributed by atoms with Crippen LogP contribution in [0, 0.1) is 0 Å². The van der Waals surface area contributed by atoms with E-state index in [0.717, 1.165) is 11.1 Å². The largest absolute Gasteiger partial charge is 0.383 e. The molecule has 15 heavy (non-hydrogen) atoms. The quantitative estimate of drug-likeness (QED) is 0.712. The molecular weight excluding hydrogens is 192 g/mol. The van der Waals surface area contributed by atoms with Gasteiger partial charge in [0, 0.05) is 19.8 Å². The van der Waals surface area contributed by atoms with Crippen LogP contribution in [0.15, 0.2) is 23.0 Å². The van der Waals surface area contributed by atoms with E-state index in [9.17, 15) is 4.79 Å². The van der Waals surface area contributed by atoms with Crippen molar-refractivity contribution >= 4 is 22.4 Å². The maximum atomic E-state index is 11.1. The summed E-state index contributed by atoms with van der Waals surface area (Å²) in [4.78, 5) is 19.4. The van der Waals surface area contributed by atoms with Gasteiger partial charge < -0.3 is 15.6 Å². The molecule has 5 heteroatoms. The molecule has 0 atom stereocenters. The molecule has 0 aliphatic carbocycles. The molecule has 0 fully saturated rings. The summed E-state index contributed by atoms with van der Waals surface area (Å²) in [6.45, 7) is 0. The van der Waals surface area contributed by atoms with Crippen LogP contribution in [0.1, 0.15) is 0 Å². The first kappa shape index (κ1) is 9.51. The number of anilines is 2. The van der Waals surface area contributed by atoms with Gasteiger partial charge in [0.2, 0.25) is 0 Å². The van der Waals surface area contributed by atoms with Crippen LogP contribution in [0.5, 0.6) is 0 Å². The van der Waals surface area contributed by atoms with E-state index in [0.29, 0.717) is 5.52 Å². The second-order valence-electron chi connectivity index (χ2n) is 3.52. The second-order valence-corrected chi connectivity index (χ2v) is 3.52. The Balaban J connectivity index is 2.91. The van der Waals surface area contributed by atoms with Gasteiger partial charge in [-0.3, -0.25) is 0 Å². The average molecular weight is 204 g/mol. The molecule has 0 radical (unpaired) electrons. The Hall–Kier alpha value is -2.04. The zero-order valence-electron chi connectivity index (χ0n) is 8.61. The Bertz CT molecular complexity index is 559. The zero-order valence-corrected chi connectivity index (χ0v) is 8.61. The lowest BCUT2D eigenvalue weighted by Crippen LogP contribution is -2.15. The van der Waals surface area contributed by atoms with Crippen molar-refractivity contribution in [2.24, 2.45) is 0 Å². The molecule has 0 bridgehead atoms. The fraction of sp³-hybridized carbons (Fsp3) is 0.200. The molecule has 1 aromatic carbocycles. The second kappa shape index (κ2) is 3.27. The van der Waals surface area contributed by atoms with E-state index in [4.69, 9.17) is 5.73 Å². The van der Waals surface area contributed by atoms with Crippen LogP contribution in [-0.2, 0) is 0 Å². The SMILES string of the molecule is CN(C)c1cccc2[nH]c(=O)nc(N)c12. The standard InChI is InChI=1S/C10H12N4O/c1-14(2)7-5-3-4-6-8(7)9(11)13-10(15)12-6/h3-5H,1-2H3,(H3,11,12,13,15). The minimum absolute atomic E-state index is 0.262. The number of fused-ring (bicyclic) bond motifs is 1. The molecule has 3 N–H and O–H groups in total. The number of aromatic nitrogens is 2. The van der Waals surface area contributed by atoms with Gasteiger partial charge in [0.05, 0.1) is 10.9 Å². The lowest BCUT2D eigenvalue weighted by molar-refractivity contribution is 1.11. The van der Waals surface area contributed by atoms with Crippen molar-refractivity contribution in [1.29, 1.82) is 0 Å². The van der Waals surface area contributed by atoms with E-state index in [-0.39, 0.29) is 5.82 Å². The Morgan fingerprint density at radius 3 is 2.80 bits per heavy atom. The van der Waals surface area contributed by atoms with Crippen LogP contribution in [0.3, 0.4) is 0 Å². The predicted molar refractivity (Wildman–Crippen MR) is 61.1 cm³/mol. The number of H-pyrrole nitrogens is 1. The van der Waals surface area contributed by atoms with Gasteiger partial charge in [-0.05, 0) is 12.1 Å². The van der Waals surface area contributed by atoms with Crippen molar-refractivity contribution in [1.82, 2.24) is 9.97 Å². The van der Waals surface area contributed by atoms with Crippen LogP contribution in [-0.4, -0.2) is 24.1 Å². The first-order chi connectivity index (χ1) is 7.09. The van der Waals surface area contributed by atoms with Gasteiger partial charge in [0.1, 0.15) is 5.82 Å². The van der Waals surface area contributed by atoms with Crippen molar-refractivity contribution in [2.45, 2.75) is 0 Å². The Kier molecular flexibility index (Phi) is 2.07. The lowest BCUT2D eigenvalue weighted by atomic mass is 10.2. The summed E-state index contributed by atoms with van der Waals surface area (Å²) in [6.07, 6.45) is 0. The van der Waals surface area contributed by atoms with E-state index in [2.05, 4.69) is 9.97 Å². The molecule has 1 aromatic heterocycles. The number of nitrogen functional groups attached to an aromatic ring is 1. The average Bonchev–Trinajstić information content (AvgIpc) is 2.16. The Morgan fingerprint density at radius 1 is 1.40 bits per heavy atom.